The van der Waals surface area contributed by atoms with E-state index in [2.05, 4.69) is 181 Å². The zero-order valence-electron chi connectivity index (χ0n) is 30.5. The molecule has 0 N–H and O–H groups in total. The van der Waals surface area contributed by atoms with Crippen molar-refractivity contribution in [2.24, 2.45) is 0 Å². The molecule has 56 heavy (non-hydrogen) atoms. The summed E-state index contributed by atoms with van der Waals surface area (Å²) in [5.41, 5.74) is 14.3. The van der Waals surface area contributed by atoms with Gasteiger partial charge in [0.15, 0.2) is 5.82 Å². The third-order valence-corrected chi connectivity index (χ3v) is 10.6. The molecule has 0 saturated carbocycles. The van der Waals surface area contributed by atoms with Gasteiger partial charge in [-0.2, -0.15) is 0 Å². The summed E-state index contributed by atoms with van der Waals surface area (Å²) < 4.78 is 0. The first-order valence-corrected chi connectivity index (χ1v) is 18.9. The van der Waals surface area contributed by atoms with E-state index in [0.29, 0.717) is 5.82 Å². The van der Waals surface area contributed by atoms with Gasteiger partial charge in [0.1, 0.15) is 0 Å². The molecule has 2 heterocycles. The molecule has 0 aliphatic rings. The summed E-state index contributed by atoms with van der Waals surface area (Å²) in [6, 6.07) is 70.8. The van der Waals surface area contributed by atoms with Crippen molar-refractivity contribution in [3.8, 4) is 78.4 Å². The van der Waals surface area contributed by atoms with Crippen LogP contribution >= 0.6 is 0 Å². The Morgan fingerprint density at radius 1 is 0.250 bits per heavy atom. The van der Waals surface area contributed by atoms with E-state index in [1.807, 2.05) is 36.7 Å². The molecule has 0 radical (unpaired) electrons. The van der Waals surface area contributed by atoms with E-state index in [0.717, 1.165) is 44.8 Å². The molecule has 0 saturated heterocycles. The topological polar surface area (TPSA) is 38.7 Å². The smallest absolute Gasteiger partial charge is 0.160 e. The molecule has 262 valence electrons. The molecule has 0 spiro atoms. The fourth-order valence-corrected chi connectivity index (χ4v) is 7.85. The normalized spacial score (nSPS) is 11.2. The maximum Gasteiger partial charge on any atom is 0.160 e. The average molecular weight is 714 g/mol. The minimum Gasteiger partial charge on any atom is -0.265 e. The summed E-state index contributed by atoms with van der Waals surface area (Å²) in [5, 5.41) is 4.92. The van der Waals surface area contributed by atoms with Crippen molar-refractivity contribution in [3.05, 3.63) is 213 Å². The van der Waals surface area contributed by atoms with E-state index in [9.17, 15) is 0 Å². The van der Waals surface area contributed by atoms with Crippen molar-refractivity contribution in [1.82, 2.24) is 15.0 Å². The number of pyridine rings is 1. The summed E-state index contributed by atoms with van der Waals surface area (Å²) in [6.45, 7) is 0. The lowest BCUT2D eigenvalue weighted by Gasteiger charge is -2.19. The summed E-state index contributed by atoms with van der Waals surface area (Å²) in [4.78, 5) is 14.5. The summed E-state index contributed by atoms with van der Waals surface area (Å²) >= 11 is 0. The van der Waals surface area contributed by atoms with Gasteiger partial charge in [-0.25, -0.2) is 9.97 Å². The lowest BCUT2D eigenvalue weighted by molar-refractivity contribution is 1.18. The van der Waals surface area contributed by atoms with Gasteiger partial charge in [-0.1, -0.05) is 176 Å². The Balaban J connectivity index is 1.08. The predicted molar refractivity (Wildman–Crippen MR) is 233 cm³/mol. The first-order chi connectivity index (χ1) is 27.8. The fraction of sp³-hybridized carbons (Fsp3) is 0. The Morgan fingerprint density at radius 2 is 0.661 bits per heavy atom. The van der Waals surface area contributed by atoms with Crippen molar-refractivity contribution in [2.75, 3.05) is 0 Å². The second-order valence-electron chi connectivity index (χ2n) is 14.0. The van der Waals surface area contributed by atoms with Crippen LogP contribution in [0.3, 0.4) is 0 Å². The van der Waals surface area contributed by atoms with E-state index in [1.165, 1.54) is 49.4 Å². The lowest BCUT2D eigenvalue weighted by atomic mass is 9.84. The molecule has 10 aromatic rings. The fourth-order valence-electron chi connectivity index (χ4n) is 7.85. The van der Waals surface area contributed by atoms with Crippen molar-refractivity contribution in [1.29, 1.82) is 0 Å². The highest BCUT2D eigenvalue weighted by Crippen LogP contribution is 2.45. The maximum absolute atomic E-state index is 5.10. The number of nitrogens with zero attached hydrogens (tertiary/aromatic N) is 3. The molecule has 2 aromatic heterocycles. The van der Waals surface area contributed by atoms with Crippen LogP contribution in [0.2, 0.25) is 0 Å². The van der Waals surface area contributed by atoms with E-state index < -0.39 is 0 Å². The number of rotatable bonds is 7. The predicted octanol–water partition coefficient (Wildman–Crippen LogP) is 13.8. The van der Waals surface area contributed by atoms with Crippen LogP contribution in [0.15, 0.2) is 213 Å². The van der Waals surface area contributed by atoms with E-state index in [4.69, 9.17) is 9.97 Å². The largest absolute Gasteiger partial charge is 0.265 e. The number of hydrogen-bond donors (Lipinski definition) is 0. The third kappa shape index (κ3) is 6.21. The zero-order chi connectivity index (χ0) is 37.3. The zero-order valence-corrected chi connectivity index (χ0v) is 30.5. The van der Waals surface area contributed by atoms with Gasteiger partial charge in [-0.15, -0.1) is 0 Å². The number of hydrogen-bond acceptors (Lipinski definition) is 3. The van der Waals surface area contributed by atoms with Crippen molar-refractivity contribution in [2.45, 2.75) is 0 Å². The third-order valence-electron chi connectivity index (χ3n) is 10.6. The quantitative estimate of drug-likeness (QED) is 0.154. The highest BCUT2D eigenvalue weighted by molar-refractivity contribution is 6.22. The van der Waals surface area contributed by atoms with Crippen LogP contribution in [-0.4, -0.2) is 15.0 Å². The molecule has 0 atom stereocenters. The molecule has 0 amide bonds. The van der Waals surface area contributed by atoms with Crippen molar-refractivity contribution in [3.63, 3.8) is 0 Å². The first-order valence-electron chi connectivity index (χ1n) is 18.9. The Kier molecular flexibility index (Phi) is 8.51. The molecular formula is C53H35N3. The monoisotopic (exact) mass is 713 g/mol. The Bertz CT molecular complexity index is 2960. The highest BCUT2D eigenvalue weighted by atomic mass is 14.9. The molecule has 0 aliphatic carbocycles. The second-order valence-corrected chi connectivity index (χ2v) is 14.0. The van der Waals surface area contributed by atoms with Crippen LogP contribution in [0.4, 0.5) is 0 Å². The second kappa shape index (κ2) is 14.4. The number of aromatic nitrogens is 3. The van der Waals surface area contributed by atoms with Crippen molar-refractivity contribution >= 4 is 21.5 Å². The number of benzene rings is 8. The molecule has 10 rings (SSSR count). The van der Waals surface area contributed by atoms with E-state index in [-0.39, 0.29) is 0 Å². The summed E-state index contributed by atoms with van der Waals surface area (Å²) in [7, 11) is 0. The molecule has 3 heteroatoms. The summed E-state index contributed by atoms with van der Waals surface area (Å²) in [6.07, 6.45) is 3.76. The molecule has 0 fully saturated rings. The van der Waals surface area contributed by atoms with Gasteiger partial charge in [0.05, 0.1) is 11.4 Å². The van der Waals surface area contributed by atoms with E-state index in [1.54, 1.807) is 0 Å². The van der Waals surface area contributed by atoms with Crippen LogP contribution in [0.25, 0.3) is 100.0 Å². The van der Waals surface area contributed by atoms with Crippen LogP contribution in [-0.2, 0) is 0 Å². The van der Waals surface area contributed by atoms with Gasteiger partial charge < -0.3 is 0 Å². The van der Waals surface area contributed by atoms with Gasteiger partial charge in [-0.05, 0) is 90.3 Å². The summed E-state index contributed by atoms with van der Waals surface area (Å²) in [5.74, 6) is 0.703. The molecule has 8 aromatic carbocycles. The minimum atomic E-state index is 0.703. The van der Waals surface area contributed by atoms with Gasteiger partial charge >= 0.3 is 0 Å². The van der Waals surface area contributed by atoms with Gasteiger partial charge in [-0.3, -0.25) is 4.98 Å². The molecule has 3 nitrogen and oxygen atoms in total. The van der Waals surface area contributed by atoms with Gasteiger partial charge in [0.2, 0.25) is 0 Å². The average Bonchev–Trinajstić information content (AvgIpc) is 3.29. The van der Waals surface area contributed by atoms with Crippen LogP contribution in [0, 0.1) is 0 Å². The van der Waals surface area contributed by atoms with Crippen LogP contribution < -0.4 is 0 Å². The maximum atomic E-state index is 5.10. The lowest BCUT2D eigenvalue weighted by Crippen LogP contribution is -1.96. The standard InChI is InChI=1S/C53H35N3/c1-4-12-36(13-5-1)37-20-24-39(25-21-37)49-35-50(56-53(55-49)43-16-8-3-9-17-43)40-26-22-38(23-27-40)44-28-29-46-45-18-10-11-19-47(45)51(42-30-32-54-33-31-42)52(48(46)34-44)41-14-6-2-7-15-41/h1-35H. The Morgan fingerprint density at radius 3 is 1.27 bits per heavy atom. The van der Waals surface area contributed by atoms with Gasteiger partial charge in [0.25, 0.3) is 0 Å². The van der Waals surface area contributed by atoms with Crippen molar-refractivity contribution < 1.29 is 0 Å². The van der Waals surface area contributed by atoms with Crippen LogP contribution in [0.5, 0.6) is 0 Å². The first kappa shape index (κ1) is 33.1. The Labute approximate surface area is 326 Å². The Hall–Kier alpha value is -7.49. The molecule has 0 bridgehead atoms. The van der Waals surface area contributed by atoms with Gasteiger partial charge in [0, 0.05) is 29.1 Å². The minimum absolute atomic E-state index is 0.703. The molecular weight excluding hydrogens is 679 g/mol. The SMILES string of the molecule is c1ccc(-c2ccc(-c3cc(-c4ccc(-c5ccc6c(c5)c(-c5ccccc5)c(-c5ccncc5)c5ccccc56)cc4)nc(-c4ccccc4)n3)cc2)cc1. The molecule has 0 unspecified atom stereocenters. The highest BCUT2D eigenvalue weighted by Gasteiger charge is 2.18. The van der Waals surface area contributed by atoms with Crippen LogP contribution in [0.1, 0.15) is 0 Å². The molecule has 0 aliphatic heterocycles. The number of fused-ring (bicyclic) bond motifs is 3. The van der Waals surface area contributed by atoms with E-state index >= 15 is 0 Å².